The fraction of sp³-hybridized carbons (Fsp3) is 0.143. The van der Waals surface area contributed by atoms with Crippen molar-refractivity contribution < 1.29 is 4.79 Å². The molecule has 5 aromatic rings. The molecule has 5 rings (SSSR count). The minimum Gasteiger partial charge on any atom is -0.353 e. The Hall–Kier alpha value is -3.05. The quantitative estimate of drug-likeness (QED) is 0.219. The molecule has 0 bridgehead atoms. The number of H-pyrrole nitrogens is 1. The molecular formula is C28H22Cl3N3O. The topological polar surface area (TPSA) is 57.8 Å². The third-order valence-corrected chi connectivity index (χ3v) is 7.07. The molecule has 0 saturated heterocycles. The van der Waals surface area contributed by atoms with Crippen LogP contribution in [-0.4, -0.2) is 15.9 Å². The molecule has 1 amide bonds. The zero-order valence-electron chi connectivity index (χ0n) is 19.0. The van der Waals surface area contributed by atoms with Crippen LogP contribution in [0.25, 0.3) is 33.2 Å². The van der Waals surface area contributed by atoms with Crippen molar-refractivity contribution in [3.63, 3.8) is 0 Å². The minimum absolute atomic E-state index is 0.133. The Balaban J connectivity index is 1.40. The zero-order chi connectivity index (χ0) is 24.5. The standard InChI is InChI=1S/C28H22Cl3N3O/c1-16-9-11-24-19(13-16)18(28(34-24)25-12-10-17-5-2-3-7-23(17)32-25)6-4-8-27(35)33-26-15-21(30)20(29)14-22(26)31/h2-3,5,7,9-15,34H,4,6,8H2,1H3,(H,33,35). The van der Waals surface area contributed by atoms with Gasteiger partial charge in [-0.1, -0.05) is 70.7 Å². The molecule has 0 spiro atoms. The van der Waals surface area contributed by atoms with E-state index in [-0.39, 0.29) is 5.91 Å². The van der Waals surface area contributed by atoms with Crippen LogP contribution in [0.15, 0.2) is 66.7 Å². The molecule has 35 heavy (non-hydrogen) atoms. The molecule has 0 aliphatic rings. The van der Waals surface area contributed by atoms with Crippen molar-refractivity contribution in [3.8, 4) is 11.4 Å². The number of hydrogen-bond donors (Lipinski definition) is 2. The SMILES string of the molecule is Cc1ccc2[nH]c(-c3ccc4ccccc4n3)c(CCCC(=O)Nc3cc(Cl)c(Cl)cc3Cl)c2c1. The van der Waals surface area contributed by atoms with Gasteiger partial charge in [-0.15, -0.1) is 0 Å². The van der Waals surface area contributed by atoms with Gasteiger partial charge in [-0.3, -0.25) is 4.79 Å². The number of aromatic amines is 1. The number of nitrogens with one attached hydrogen (secondary N) is 2. The highest BCUT2D eigenvalue weighted by Crippen LogP contribution is 2.34. The number of rotatable bonds is 6. The number of carbonyl (C=O) groups excluding carboxylic acids is 1. The van der Waals surface area contributed by atoms with E-state index in [1.807, 2.05) is 24.3 Å². The summed E-state index contributed by atoms with van der Waals surface area (Å²) in [6.45, 7) is 2.08. The lowest BCUT2D eigenvalue weighted by Gasteiger charge is -2.09. The van der Waals surface area contributed by atoms with Crippen LogP contribution < -0.4 is 5.32 Å². The van der Waals surface area contributed by atoms with Crippen LogP contribution in [0.1, 0.15) is 24.0 Å². The molecule has 0 radical (unpaired) electrons. The molecule has 0 aliphatic heterocycles. The van der Waals surface area contributed by atoms with Crippen molar-refractivity contribution in [1.29, 1.82) is 0 Å². The molecule has 4 nitrogen and oxygen atoms in total. The molecule has 0 fully saturated rings. The van der Waals surface area contributed by atoms with Crippen LogP contribution >= 0.6 is 34.8 Å². The van der Waals surface area contributed by atoms with E-state index >= 15 is 0 Å². The van der Waals surface area contributed by atoms with E-state index < -0.39 is 0 Å². The Bertz CT molecular complexity index is 1580. The minimum atomic E-state index is -0.133. The van der Waals surface area contributed by atoms with Crippen LogP contribution in [-0.2, 0) is 11.2 Å². The van der Waals surface area contributed by atoms with Gasteiger partial charge in [-0.25, -0.2) is 4.98 Å². The summed E-state index contributed by atoms with van der Waals surface area (Å²) in [7, 11) is 0. The number of hydrogen-bond acceptors (Lipinski definition) is 2. The summed E-state index contributed by atoms with van der Waals surface area (Å²) in [5.41, 5.74) is 6.68. The van der Waals surface area contributed by atoms with Gasteiger partial charge in [0.1, 0.15) is 0 Å². The molecule has 2 heterocycles. The van der Waals surface area contributed by atoms with E-state index in [0.29, 0.717) is 33.6 Å². The molecule has 0 aliphatic carbocycles. The van der Waals surface area contributed by atoms with Crippen molar-refractivity contribution in [2.75, 3.05) is 5.32 Å². The summed E-state index contributed by atoms with van der Waals surface area (Å²) < 4.78 is 0. The molecule has 0 unspecified atom stereocenters. The maximum atomic E-state index is 12.6. The van der Waals surface area contributed by atoms with Gasteiger partial charge in [0.25, 0.3) is 0 Å². The molecule has 2 aromatic heterocycles. The number of anilines is 1. The lowest BCUT2D eigenvalue weighted by atomic mass is 10.0. The van der Waals surface area contributed by atoms with E-state index in [4.69, 9.17) is 39.8 Å². The van der Waals surface area contributed by atoms with Gasteiger partial charge in [0, 0.05) is 22.7 Å². The van der Waals surface area contributed by atoms with Crippen LogP contribution in [0.5, 0.6) is 0 Å². The molecule has 0 atom stereocenters. The number of fused-ring (bicyclic) bond motifs is 2. The zero-order valence-corrected chi connectivity index (χ0v) is 21.2. The lowest BCUT2D eigenvalue weighted by molar-refractivity contribution is -0.116. The summed E-state index contributed by atoms with van der Waals surface area (Å²) >= 11 is 18.3. The molecule has 3 aromatic carbocycles. The number of halogens is 3. The van der Waals surface area contributed by atoms with Crippen LogP contribution in [0.4, 0.5) is 5.69 Å². The second kappa shape index (κ2) is 9.90. The Labute approximate surface area is 218 Å². The summed E-state index contributed by atoms with van der Waals surface area (Å²) in [4.78, 5) is 21.1. The fourth-order valence-corrected chi connectivity index (χ4v) is 4.90. The summed E-state index contributed by atoms with van der Waals surface area (Å²) in [5, 5.41) is 6.13. The summed E-state index contributed by atoms with van der Waals surface area (Å²) in [5.74, 6) is -0.133. The third kappa shape index (κ3) is 5.01. The average molecular weight is 523 g/mol. The summed E-state index contributed by atoms with van der Waals surface area (Å²) in [6, 6.07) is 21.7. The van der Waals surface area contributed by atoms with Crippen LogP contribution in [0.3, 0.4) is 0 Å². The first-order valence-corrected chi connectivity index (χ1v) is 12.4. The Morgan fingerprint density at radius 1 is 0.943 bits per heavy atom. The van der Waals surface area contributed by atoms with E-state index in [1.165, 1.54) is 11.6 Å². The molecule has 0 saturated carbocycles. The largest absolute Gasteiger partial charge is 0.353 e. The molecule has 2 N–H and O–H groups in total. The van der Waals surface area contributed by atoms with Gasteiger partial charge in [-0.2, -0.15) is 0 Å². The van der Waals surface area contributed by atoms with Crippen LogP contribution in [0.2, 0.25) is 15.1 Å². The van der Waals surface area contributed by atoms with Crippen molar-refractivity contribution in [2.45, 2.75) is 26.2 Å². The molecular weight excluding hydrogens is 501 g/mol. The monoisotopic (exact) mass is 521 g/mol. The highest BCUT2D eigenvalue weighted by Gasteiger charge is 2.16. The predicted molar refractivity (Wildman–Crippen MR) is 147 cm³/mol. The van der Waals surface area contributed by atoms with E-state index in [0.717, 1.165) is 45.2 Å². The number of amides is 1. The number of carbonyl (C=O) groups is 1. The fourth-order valence-electron chi connectivity index (χ4n) is 4.30. The van der Waals surface area contributed by atoms with Gasteiger partial charge in [0.2, 0.25) is 5.91 Å². The smallest absolute Gasteiger partial charge is 0.224 e. The first-order valence-electron chi connectivity index (χ1n) is 11.3. The third-order valence-electron chi connectivity index (χ3n) is 6.03. The van der Waals surface area contributed by atoms with Crippen LogP contribution in [0, 0.1) is 6.92 Å². The highest BCUT2D eigenvalue weighted by molar-refractivity contribution is 6.44. The average Bonchev–Trinajstić information content (AvgIpc) is 3.20. The van der Waals surface area contributed by atoms with Gasteiger partial charge in [0.15, 0.2) is 0 Å². The van der Waals surface area contributed by atoms with Gasteiger partial charge >= 0.3 is 0 Å². The van der Waals surface area contributed by atoms with Crippen molar-refractivity contribution in [1.82, 2.24) is 9.97 Å². The maximum absolute atomic E-state index is 12.6. The number of pyridine rings is 1. The number of para-hydroxylation sites is 1. The van der Waals surface area contributed by atoms with Gasteiger partial charge < -0.3 is 10.3 Å². The maximum Gasteiger partial charge on any atom is 0.224 e. The van der Waals surface area contributed by atoms with E-state index in [1.54, 1.807) is 6.07 Å². The number of aryl methyl sites for hydroxylation is 2. The lowest BCUT2D eigenvalue weighted by Crippen LogP contribution is -2.12. The second-order valence-corrected chi connectivity index (χ2v) is 9.79. The molecule has 176 valence electrons. The summed E-state index contributed by atoms with van der Waals surface area (Å²) in [6.07, 6.45) is 1.71. The van der Waals surface area contributed by atoms with Gasteiger partial charge in [-0.05, 0) is 61.7 Å². The van der Waals surface area contributed by atoms with Crippen molar-refractivity contribution in [3.05, 3.63) is 92.9 Å². The first kappa shape index (κ1) is 23.7. The normalized spacial score (nSPS) is 11.3. The van der Waals surface area contributed by atoms with Crippen molar-refractivity contribution >= 4 is 68.2 Å². The Kier molecular flexibility index (Phi) is 6.70. The predicted octanol–water partition coefficient (Wildman–Crippen LogP) is 8.61. The first-order chi connectivity index (χ1) is 16.9. The van der Waals surface area contributed by atoms with Crippen molar-refractivity contribution in [2.24, 2.45) is 0 Å². The Morgan fingerprint density at radius 3 is 2.60 bits per heavy atom. The number of benzene rings is 3. The van der Waals surface area contributed by atoms with Gasteiger partial charge in [0.05, 0.1) is 37.7 Å². The molecule has 7 heteroatoms. The van der Waals surface area contributed by atoms with E-state index in [2.05, 4.69) is 47.6 Å². The number of aromatic nitrogens is 2. The number of nitrogens with zero attached hydrogens (tertiary/aromatic N) is 1. The van der Waals surface area contributed by atoms with E-state index in [9.17, 15) is 4.79 Å². The highest BCUT2D eigenvalue weighted by atomic mass is 35.5. The second-order valence-electron chi connectivity index (χ2n) is 8.56. The Morgan fingerprint density at radius 2 is 1.74 bits per heavy atom.